The Labute approximate surface area is 172 Å². The molecule has 1 aromatic carbocycles. The van der Waals surface area contributed by atoms with E-state index in [0.717, 1.165) is 27.8 Å². The Kier molecular flexibility index (Phi) is 10.1. The number of benzene rings is 1. The van der Waals surface area contributed by atoms with Crippen LogP contribution < -0.4 is 20.1 Å². The van der Waals surface area contributed by atoms with E-state index in [1.807, 2.05) is 30.3 Å². The first-order valence-electron chi connectivity index (χ1n) is 7.17. The van der Waals surface area contributed by atoms with Gasteiger partial charge < -0.3 is 20.1 Å². The molecule has 24 heavy (non-hydrogen) atoms. The maximum Gasteiger partial charge on any atom is 0.191 e. The molecule has 0 atom stereocenters. The van der Waals surface area contributed by atoms with Crippen molar-refractivity contribution in [1.29, 1.82) is 0 Å². The van der Waals surface area contributed by atoms with E-state index in [9.17, 15) is 0 Å². The minimum absolute atomic E-state index is 0. The molecule has 0 aliphatic heterocycles. The fourth-order valence-corrected chi connectivity index (χ4v) is 3.27. The van der Waals surface area contributed by atoms with Gasteiger partial charge in [-0.25, -0.2) is 0 Å². The third-order valence-electron chi connectivity index (χ3n) is 3.01. The van der Waals surface area contributed by atoms with Crippen LogP contribution in [-0.4, -0.2) is 33.3 Å². The molecule has 0 amide bonds. The number of hydrogen-bond acceptors (Lipinski definition) is 4. The van der Waals surface area contributed by atoms with Gasteiger partial charge in [-0.2, -0.15) is 0 Å². The Morgan fingerprint density at radius 3 is 2.42 bits per heavy atom. The molecule has 0 bridgehead atoms. The average molecular weight is 526 g/mol. The Bertz CT molecular complexity index is 635. The lowest BCUT2D eigenvalue weighted by atomic mass is 10.3. The molecule has 0 radical (unpaired) electrons. The van der Waals surface area contributed by atoms with Crippen LogP contribution in [0.2, 0.25) is 0 Å². The van der Waals surface area contributed by atoms with Crippen LogP contribution >= 0.6 is 51.2 Å². The summed E-state index contributed by atoms with van der Waals surface area (Å²) in [7, 11) is 3.40. The summed E-state index contributed by atoms with van der Waals surface area (Å²) in [4.78, 5) is 5.44. The van der Waals surface area contributed by atoms with Crippen molar-refractivity contribution in [3.8, 4) is 11.5 Å². The molecule has 1 aromatic heterocycles. The number of aliphatic imine (C=N–C) groups is 1. The van der Waals surface area contributed by atoms with Gasteiger partial charge in [0.15, 0.2) is 5.96 Å². The molecular formula is C16H21BrIN3O2S. The molecule has 2 rings (SSSR count). The van der Waals surface area contributed by atoms with Gasteiger partial charge in [-0.05, 0) is 52.3 Å². The predicted octanol–water partition coefficient (Wildman–Crippen LogP) is 3.88. The van der Waals surface area contributed by atoms with Crippen molar-refractivity contribution in [3.05, 3.63) is 45.1 Å². The van der Waals surface area contributed by atoms with E-state index in [2.05, 4.69) is 37.6 Å². The van der Waals surface area contributed by atoms with E-state index in [4.69, 9.17) is 9.47 Å². The molecule has 5 nitrogen and oxygen atoms in total. The van der Waals surface area contributed by atoms with Crippen LogP contribution in [0.1, 0.15) is 4.88 Å². The van der Waals surface area contributed by atoms with E-state index in [1.54, 1.807) is 25.5 Å². The number of hydrogen-bond donors (Lipinski definition) is 2. The lowest BCUT2D eigenvalue weighted by molar-refractivity contribution is 0.321. The van der Waals surface area contributed by atoms with Crippen molar-refractivity contribution >= 4 is 57.2 Å². The third-order valence-corrected chi connectivity index (χ3v) is 4.63. The van der Waals surface area contributed by atoms with Crippen molar-refractivity contribution in [1.82, 2.24) is 10.6 Å². The summed E-state index contributed by atoms with van der Waals surface area (Å²) in [6.45, 7) is 1.96. The summed E-state index contributed by atoms with van der Waals surface area (Å²) in [5, 5.41) is 6.49. The van der Waals surface area contributed by atoms with Crippen LogP contribution in [0, 0.1) is 0 Å². The Morgan fingerprint density at radius 2 is 1.83 bits per heavy atom. The molecule has 0 aliphatic rings. The smallest absolute Gasteiger partial charge is 0.191 e. The number of guanidine groups is 1. The largest absolute Gasteiger partial charge is 0.497 e. The molecular weight excluding hydrogens is 505 g/mol. The first-order valence-corrected chi connectivity index (χ1v) is 8.78. The van der Waals surface area contributed by atoms with Gasteiger partial charge in [0, 0.05) is 11.9 Å². The van der Waals surface area contributed by atoms with Gasteiger partial charge in [0.05, 0.1) is 24.0 Å². The minimum atomic E-state index is 0. The molecule has 0 aliphatic carbocycles. The number of nitrogens with one attached hydrogen (secondary N) is 2. The number of ether oxygens (including phenoxy) is 2. The summed E-state index contributed by atoms with van der Waals surface area (Å²) in [6.07, 6.45) is 0. The zero-order valence-corrected chi connectivity index (χ0v) is 18.3. The van der Waals surface area contributed by atoms with Gasteiger partial charge in [0.2, 0.25) is 0 Å². The van der Waals surface area contributed by atoms with Crippen molar-refractivity contribution in [2.45, 2.75) is 6.54 Å². The number of thiophene rings is 1. The molecule has 0 spiro atoms. The molecule has 0 saturated carbocycles. The summed E-state index contributed by atoms with van der Waals surface area (Å²) in [6, 6.07) is 11.7. The number of halogens is 2. The van der Waals surface area contributed by atoms with Gasteiger partial charge >= 0.3 is 0 Å². The first-order chi connectivity index (χ1) is 11.2. The standard InChI is InChI=1S/C16H20BrN3O2S.HI/c1-18-16(20-11-14-7-8-15(17)23-14)19-9-10-22-13-5-3-12(21-2)4-6-13;/h3-8H,9-11H2,1-2H3,(H2,18,19,20);1H. The monoisotopic (exact) mass is 525 g/mol. The maximum absolute atomic E-state index is 5.66. The molecule has 1 heterocycles. The molecule has 0 saturated heterocycles. The highest BCUT2D eigenvalue weighted by Crippen LogP contribution is 2.21. The second kappa shape index (κ2) is 11.5. The number of methoxy groups -OCH3 is 1. The average Bonchev–Trinajstić information content (AvgIpc) is 3.00. The summed E-state index contributed by atoms with van der Waals surface area (Å²) < 4.78 is 11.9. The Balaban J connectivity index is 0.00000288. The highest BCUT2D eigenvalue weighted by molar-refractivity contribution is 14.0. The van der Waals surface area contributed by atoms with E-state index in [0.29, 0.717) is 13.2 Å². The van der Waals surface area contributed by atoms with Crippen molar-refractivity contribution < 1.29 is 9.47 Å². The lowest BCUT2D eigenvalue weighted by Gasteiger charge is -2.12. The molecule has 0 unspecified atom stereocenters. The second-order valence-electron chi connectivity index (χ2n) is 4.58. The first kappa shape index (κ1) is 21.0. The van der Waals surface area contributed by atoms with Crippen molar-refractivity contribution in [2.24, 2.45) is 4.99 Å². The van der Waals surface area contributed by atoms with Crippen LogP contribution in [0.3, 0.4) is 0 Å². The van der Waals surface area contributed by atoms with Gasteiger partial charge in [-0.15, -0.1) is 35.3 Å². The normalized spacial score (nSPS) is 10.7. The lowest BCUT2D eigenvalue weighted by Crippen LogP contribution is -2.38. The van der Waals surface area contributed by atoms with Crippen LogP contribution in [0.4, 0.5) is 0 Å². The van der Waals surface area contributed by atoms with Gasteiger partial charge in [-0.3, -0.25) is 4.99 Å². The molecule has 8 heteroatoms. The molecule has 0 fully saturated rings. The topological polar surface area (TPSA) is 54.9 Å². The fourth-order valence-electron chi connectivity index (χ4n) is 1.85. The van der Waals surface area contributed by atoms with Crippen LogP contribution in [-0.2, 0) is 6.54 Å². The minimum Gasteiger partial charge on any atom is -0.497 e. The van der Waals surface area contributed by atoms with E-state index in [1.165, 1.54) is 4.88 Å². The third kappa shape index (κ3) is 7.27. The van der Waals surface area contributed by atoms with Crippen molar-refractivity contribution in [3.63, 3.8) is 0 Å². The Hall–Kier alpha value is -1.000. The second-order valence-corrected chi connectivity index (χ2v) is 7.13. The Morgan fingerprint density at radius 1 is 1.12 bits per heavy atom. The molecule has 2 N–H and O–H groups in total. The summed E-state index contributed by atoms with van der Waals surface area (Å²) >= 11 is 5.16. The number of nitrogens with zero attached hydrogens (tertiary/aromatic N) is 1. The maximum atomic E-state index is 5.66. The predicted molar refractivity (Wildman–Crippen MR) is 114 cm³/mol. The quantitative estimate of drug-likeness (QED) is 0.249. The van der Waals surface area contributed by atoms with E-state index >= 15 is 0 Å². The van der Waals surface area contributed by atoms with Gasteiger partial charge in [0.25, 0.3) is 0 Å². The summed E-state index contributed by atoms with van der Waals surface area (Å²) in [5.74, 6) is 2.40. The highest BCUT2D eigenvalue weighted by Gasteiger charge is 2.01. The van der Waals surface area contributed by atoms with Crippen LogP contribution in [0.15, 0.2) is 45.2 Å². The van der Waals surface area contributed by atoms with Crippen LogP contribution in [0.25, 0.3) is 0 Å². The zero-order valence-electron chi connectivity index (χ0n) is 13.5. The van der Waals surface area contributed by atoms with Crippen LogP contribution in [0.5, 0.6) is 11.5 Å². The van der Waals surface area contributed by atoms with Gasteiger partial charge in [-0.1, -0.05) is 0 Å². The van der Waals surface area contributed by atoms with Crippen molar-refractivity contribution in [2.75, 3.05) is 27.3 Å². The zero-order chi connectivity index (χ0) is 16.5. The fraction of sp³-hybridized carbons (Fsp3) is 0.312. The number of rotatable bonds is 7. The summed E-state index contributed by atoms with van der Waals surface area (Å²) in [5.41, 5.74) is 0. The molecule has 132 valence electrons. The van der Waals surface area contributed by atoms with E-state index in [-0.39, 0.29) is 24.0 Å². The molecule has 2 aromatic rings. The van der Waals surface area contributed by atoms with E-state index < -0.39 is 0 Å². The van der Waals surface area contributed by atoms with Gasteiger partial charge in [0.1, 0.15) is 18.1 Å². The SMILES string of the molecule is CN=C(NCCOc1ccc(OC)cc1)NCc1ccc(Br)s1.I. The highest BCUT2D eigenvalue weighted by atomic mass is 127.